The molecule has 0 saturated carbocycles. The van der Waals surface area contributed by atoms with E-state index in [1.807, 2.05) is 6.92 Å². The van der Waals surface area contributed by atoms with Gasteiger partial charge in [-0.2, -0.15) is 0 Å². The third-order valence-electron chi connectivity index (χ3n) is 2.82. The van der Waals surface area contributed by atoms with Crippen molar-refractivity contribution in [2.24, 2.45) is 5.73 Å². The first-order chi connectivity index (χ1) is 10.0. The fraction of sp³-hybridized carbons (Fsp3) is 0.308. The van der Waals surface area contributed by atoms with Crippen LogP contribution in [0.3, 0.4) is 0 Å². The van der Waals surface area contributed by atoms with Crippen molar-refractivity contribution in [1.82, 2.24) is 4.98 Å². The summed E-state index contributed by atoms with van der Waals surface area (Å²) < 4.78 is 10.8. The van der Waals surface area contributed by atoms with Crippen LogP contribution >= 0.6 is 11.3 Å². The third kappa shape index (κ3) is 3.47. The zero-order valence-electron chi connectivity index (χ0n) is 11.7. The lowest BCUT2D eigenvalue weighted by molar-refractivity contribution is -0.385. The second-order valence-corrected chi connectivity index (χ2v) is 5.55. The SMILES string of the molecule is COc1cc(CN)c([N+](=O)[O-])cc1OCc1cnc(C)s1. The maximum absolute atomic E-state index is 11.1. The smallest absolute Gasteiger partial charge is 0.277 e. The van der Waals surface area contributed by atoms with Crippen molar-refractivity contribution in [3.63, 3.8) is 0 Å². The van der Waals surface area contributed by atoms with Gasteiger partial charge in [0.05, 0.1) is 28.0 Å². The van der Waals surface area contributed by atoms with Crippen molar-refractivity contribution in [2.45, 2.75) is 20.1 Å². The Morgan fingerprint density at radius 2 is 2.19 bits per heavy atom. The average Bonchev–Trinajstić information content (AvgIpc) is 2.89. The summed E-state index contributed by atoms with van der Waals surface area (Å²) in [5.74, 6) is 0.731. The molecule has 1 aromatic carbocycles. The predicted octanol–water partition coefficient (Wildman–Crippen LogP) is 2.41. The molecule has 0 radical (unpaired) electrons. The lowest BCUT2D eigenvalue weighted by atomic mass is 10.1. The van der Waals surface area contributed by atoms with Crippen LogP contribution in [0.4, 0.5) is 5.69 Å². The summed E-state index contributed by atoms with van der Waals surface area (Å²) in [7, 11) is 1.48. The summed E-state index contributed by atoms with van der Waals surface area (Å²) in [6.07, 6.45) is 1.72. The molecule has 0 saturated heterocycles. The summed E-state index contributed by atoms with van der Waals surface area (Å²) in [5.41, 5.74) is 5.85. The molecule has 0 amide bonds. The number of rotatable bonds is 6. The van der Waals surface area contributed by atoms with Crippen LogP contribution in [-0.2, 0) is 13.2 Å². The number of hydrogen-bond donors (Lipinski definition) is 1. The lowest BCUT2D eigenvalue weighted by Gasteiger charge is -2.11. The zero-order valence-corrected chi connectivity index (χ0v) is 12.5. The Morgan fingerprint density at radius 1 is 1.43 bits per heavy atom. The van der Waals surface area contributed by atoms with Gasteiger partial charge in [0.2, 0.25) is 0 Å². The molecule has 0 fully saturated rings. The number of ether oxygens (including phenoxy) is 2. The molecule has 7 nitrogen and oxygen atoms in total. The molecule has 2 rings (SSSR count). The molecule has 0 bridgehead atoms. The molecule has 112 valence electrons. The van der Waals surface area contributed by atoms with Crippen molar-refractivity contribution in [3.05, 3.63) is 43.9 Å². The number of nitro groups is 1. The monoisotopic (exact) mass is 309 g/mol. The molecule has 0 aliphatic carbocycles. The molecule has 1 aromatic heterocycles. The second-order valence-electron chi connectivity index (χ2n) is 4.23. The van der Waals surface area contributed by atoms with E-state index in [-0.39, 0.29) is 18.8 Å². The van der Waals surface area contributed by atoms with Gasteiger partial charge >= 0.3 is 0 Å². The Bertz CT molecular complexity index is 657. The summed E-state index contributed by atoms with van der Waals surface area (Å²) in [4.78, 5) is 15.6. The maximum atomic E-state index is 11.1. The number of hydrogen-bond acceptors (Lipinski definition) is 7. The van der Waals surface area contributed by atoms with E-state index in [0.717, 1.165) is 9.88 Å². The molecule has 0 aliphatic rings. The van der Waals surface area contributed by atoms with Gasteiger partial charge in [-0.15, -0.1) is 11.3 Å². The first kappa shape index (κ1) is 15.2. The fourth-order valence-electron chi connectivity index (χ4n) is 1.82. The number of methoxy groups -OCH3 is 1. The van der Waals surface area contributed by atoms with Gasteiger partial charge in [-0.25, -0.2) is 4.98 Å². The number of nitro benzene ring substituents is 1. The van der Waals surface area contributed by atoms with Crippen molar-refractivity contribution in [2.75, 3.05) is 7.11 Å². The number of nitrogens with zero attached hydrogens (tertiary/aromatic N) is 2. The van der Waals surface area contributed by atoms with Gasteiger partial charge < -0.3 is 15.2 Å². The maximum Gasteiger partial charge on any atom is 0.277 e. The molecule has 21 heavy (non-hydrogen) atoms. The van der Waals surface area contributed by atoms with Crippen molar-refractivity contribution < 1.29 is 14.4 Å². The minimum atomic E-state index is -0.481. The van der Waals surface area contributed by atoms with Crippen LogP contribution in [0.2, 0.25) is 0 Å². The molecule has 0 spiro atoms. The summed E-state index contributed by atoms with van der Waals surface area (Å²) >= 11 is 1.51. The van der Waals surface area contributed by atoms with Gasteiger partial charge in [0.15, 0.2) is 11.5 Å². The highest BCUT2D eigenvalue weighted by Crippen LogP contribution is 2.35. The van der Waals surface area contributed by atoms with E-state index in [2.05, 4.69) is 4.98 Å². The van der Waals surface area contributed by atoms with Crippen LogP contribution in [0.25, 0.3) is 0 Å². The molecule has 0 aliphatic heterocycles. The van der Waals surface area contributed by atoms with E-state index in [0.29, 0.717) is 17.1 Å². The lowest BCUT2D eigenvalue weighted by Crippen LogP contribution is -2.04. The Hall–Kier alpha value is -2.19. The molecule has 2 aromatic rings. The van der Waals surface area contributed by atoms with E-state index < -0.39 is 4.92 Å². The van der Waals surface area contributed by atoms with Gasteiger partial charge in [-0.3, -0.25) is 10.1 Å². The van der Waals surface area contributed by atoms with Crippen LogP contribution in [0.1, 0.15) is 15.4 Å². The minimum Gasteiger partial charge on any atom is -0.493 e. The second kappa shape index (κ2) is 6.51. The van der Waals surface area contributed by atoms with Gasteiger partial charge in [0.1, 0.15) is 6.61 Å². The highest BCUT2D eigenvalue weighted by Gasteiger charge is 2.19. The average molecular weight is 309 g/mol. The zero-order chi connectivity index (χ0) is 15.4. The van der Waals surface area contributed by atoms with Gasteiger partial charge in [0, 0.05) is 18.3 Å². The largest absolute Gasteiger partial charge is 0.493 e. The standard InChI is InChI=1S/C13H15N3O4S/c1-8-15-6-10(21-8)7-20-13-4-11(16(17)18)9(5-14)3-12(13)19-2/h3-4,6H,5,7,14H2,1-2H3. The van der Waals surface area contributed by atoms with Crippen LogP contribution in [0, 0.1) is 17.0 Å². The molecular formula is C13H15N3O4S. The topological polar surface area (TPSA) is 101 Å². The van der Waals surface area contributed by atoms with Gasteiger partial charge in [-0.1, -0.05) is 0 Å². The van der Waals surface area contributed by atoms with E-state index in [4.69, 9.17) is 15.2 Å². The highest BCUT2D eigenvalue weighted by molar-refractivity contribution is 7.11. The quantitative estimate of drug-likeness (QED) is 0.649. The molecule has 0 unspecified atom stereocenters. The molecule has 1 heterocycles. The van der Waals surface area contributed by atoms with Crippen molar-refractivity contribution in [1.29, 1.82) is 0 Å². The van der Waals surface area contributed by atoms with E-state index in [1.54, 1.807) is 6.20 Å². The minimum absolute atomic E-state index is 0.0565. The normalized spacial score (nSPS) is 10.4. The molecule has 2 N–H and O–H groups in total. The molecule has 0 atom stereocenters. The highest BCUT2D eigenvalue weighted by atomic mass is 32.1. The number of thiazole rings is 1. The fourth-order valence-corrected chi connectivity index (χ4v) is 2.53. The van der Waals surface area contributed by atoms with Crippen LogP contribution in [0.15, 0.2) is 18.3 Å². The Labute approximate surface area is 125 Å². The van der Waals surface area contributed by atoms with Gasteiger partial charge in [-0.05, 0) is 13.0 Å². The van der Waals surface area contributed by atoms with Crippen LogP contribution in [0.5, 0.6) is 11.5 Å². The van der Waals surface area contributed by atoms with Crippen LogP contribution < -0.4 is 15.2 Å². The third-order valence-corrected chi connectivity index (χ3v) is 3.71. The van der Waals surface area contributed by atoms with Crippen molar-refractivity contribution >= 4 is 17.0 Å². The first-order valence-corrected chi connectivity index (χ1v) is 6.96. The first-order valence-electron chi connectivity index (χ1n) is 6.14. The summed E-state index contributed by atoms with van der Waals surface area (Å²) in [6.45, 7) is 2.23. The number of aryl methyl sites for hydroxylation is 1. The Morgan fingerprint density at radius 3 is 2.71 bits per heavy atom. The number of benzene rings is 1. The van der Waals surface area contributed by atoms with Crippen LogP contribution in [-0.4, -0.2) is 17.0 Å². The number of nitrogens with two attached hydrogens (primary N) is 1. The van der Waals surface area contributed by atoms with Gasteiger partial charge in [0.25, 0.3) is 5.69 Å². The van der Waals surface area contributed by atoms with E-state index in [1.165, 1.54) is 30.6 Å². The summed E-state index contributed by atoms with van der Waals surface area (Å²) in [5, 5.41) is 12.0. The molecule has 8 heteroatoms. The van der Waals surface area contributed by atoms with E-state index in [9.17, 15) is 10.1 Å². The van der Waals surface area contributed by atoms with Crippen molar-refractivity contribution in [3.8, 4) is 11.5 Å². The van der Waals surface area contributed by atoms with E-state index >= 15 is 0 Å². The number of aromatic nitrogens is 1. The predicted molar refractivity (Wildman–Crippen MR) is 78.7 cm³/mol. The Balaban J connectivity index is 2.28. The molecular weight excluding hydrogens is 294 g/mol. The summed E-state index contributed by atoms with van der Waals surface area (Å²) in [6, 6.07) is 2.88. The Kier molecular flexibility index (Phi) is 4.71.